The van der Waals surface area contributed by atoms with Crippen LogP contribution in [0.15, 0.2) is 23.0 Å². The number of rotatable bonds is 6. The summed E-state index contributed by atoms with van der Waals surface area (Å²) < 4.78 is 12.5. The molecule has 0 unspecified atom stereocenters. The number of carboxylic acid groups (broad SMARTS) is 1. The first-order valence-corrected chi connectivity index (χ1v) is 9.85. The van der Waals surface area contributed by atoms with E-state index in [1.807, 2.05) is 32.0 Å². The molecule has 2 atom stereocenters. The van der Waals surface area contributed by atoms with Gasteiger partial charge in [-0.3, -0.25) is 9.36 Å². The fraction of sp³-hybridized carbons (Fsp3) is 0.476. The molecule has 1 amide bonds. The fourth-order valence-corrected chi connectivity index (χ4v) is 3.77. The molecule has 9 nitrogen and oxygen atoms in total. The van der Waals surface area contributed by atoms with Gasteiger partial charge in [-0.1, -0.05) is 0 Å². The highest BCUT2D eigenvalue weighted by Gasteiger charge is 2.36. The van der Waals surface area contributed by atoms with E-state index in [0.29, 0.717) is 23.8 Å². The van der Waals surface area contributed by atoms with Crippen molar-refractivity contribution in [1.29, 1.82) is 0 Å². The zero-order chi connectivity index (χ0) is 22.0. The van der Waals surface area contributed by atoms with Crippen LogP contribution in [0.4, 0.5) is 10.5 Å². The van der Waals surface area contributed by atoms with Crippen molar-refractivity contribution in [2.75, 3.05) is 32.1 Å². The summed E-state index contributed by atoms with van der Waals surface area (Å²) >= 11 is 0. The molecule has 1 aromatic carbocycles. The highest BCUT2D eigenvalue weighted by molar-refractivity contribution is 5.66. The molecular weight excluding hydrogens is 388 g/mol. The first-order chi connectivity index (χ1) is 14.3. The number of anilines is 1. The van der Waals surface area contributed by atoms with E-state index in [0.717, 1.165) is 16.9 Å². The van der Waals surface area contributed by atoms with E-state index in [4.69, 9.17) is 9.47 Å². The summed E-state index contributed by atoms with van der Waals surface area (Å²) in [6.07, 6.45) is -1.34. The second-order valence-corrected chi connectivity index (χ2v) is 7.37. The van der Waals surface area contributed by atoms with Gasteiger partial charge >= 0.3 is 6.09 Å². The van der Waals surface area contributed by atoms with Gasteiger partial charge in [-0.2, -0.15) is 0 Å². The smallest absolute Gasteiger partial charge is 0.407 e. The molecule has 3 rings (SSSR count). The Morgan fingerprint density at radius 3 is 2.67 bits per heavy atom. The van der Waals surface area contributed by atoms with Gasteiger partial charge in [-0.05, 0) is 44.5 Å². The van der Waals surface area contributed by atoms with Crippen LogP contribution in [0.2, 0.25) is 0 Å². The van der Waals surface area contributed by atoms with E-state index in [1.165, 1.54) is 9.47 Å². The second-order valence-electron chi connectivity index (χ2n) is 7.37. The number of methoxy groups -OCH3 is 1. The molecule has 2 heterocycles. The largest absolute Gasteiger partial charge is 0.497 e. The molecule has 1 aliphatic heterocycles. The Hall–Kier alpha value is -3.07. The molecule has 2 N–H and O–H groups in total. The molecule has 9 heteroatoms. The van der Waals surface area contributed by atoms with Gasteiger partial charge in [0.25, 0.3) is 5.56 Å². The SMILES string of the molecule is CCO[C@H]1CN(C(=O)O)C[C@H]1Nc1c(C)nc(-c2ccc(OC)cc2C)n(C)c1=O. The maximum absolute atomic E-state index is 13.2. The maximum atomic E-state index is 13.2. The first-order valence-electron chi connectivity index (χ1n) is 9.85. The van der Waals surface area contributed by atoms with Crippen molar-refractivity contribution >= 4 is 11.8 Å². The molecule has 30 heavy (non-hydrogen) atoms. The van der Waals surface area contributed by atoms with E-state index < -0.39 is 6.09 Å². The second kappa shape index (κ2) is 8.74. The molecule has 2 aromatic rings. The summed E-state index contributed by atoms with van der Waals surface area (Å²) in [7, 11) is 3.29. The van der Waals surface area contributed by atoms with Crippen LogP contribution in [0.1, 0.15) is 18.2 Å². The van der Waals surface area contributed by atoms with Crippen LogP contribution in [0, 0.1) is 13.8 Å². The molecule has 0 aliphatic carbocycles. The number of likely N-dealkylation sites (tertiary alicyclic amines) is 1. The van der Waals surface area contributed by atoms with Gasteiger partial charge in [-0.15, -0.1) is 0 Å². The van der Waals surface area contributed by atoms with Crippen molar-refractivity contribution in [2.45, 2.75) is 32.9 Å². The minimum atomic E-state index is -1.00. The Balaban J connectivity index is 1.95. The number of benzene rings is 1. The van der Waals surface area contributed by atoms with Crippen molar-refractivity contribution in [1.82, 2.24) is 14.5 Å². The number of aryl methyl sites for hydroxylation is 2. The Morgan fingerprint density at radius 2 is 2.07 bits per heavy atom. The molecule has 1 aromatic heterocycles. The number of ether oxygens (including phenoxy) is 2. The topological polar surface area (TPSA) is 106 Å². The quantitative estimate of drug-likeness (QED) is 0.744. The van der Waals surface area contributed by atoms with Crippen molar-refractivity contribution in [2.24, 2.45) is 7.05 Å². The van der Waals surface area contributed by atoms with Gasteiger partial charge in [0.1, 0.15) is 17.3 Å². The molecule has 0 saturated carbocycles. The van der Waals surface area contributed by atoms with E-state index >= 15 is 0 Å². The Labute approximate surface area is 175 Å². The lowest BCUT2D eigenvalue weighted by molar-refractivity contribution is 0.0629. The normalized spacial score (nSPS) is 18.5. The van der Waals surface area contributed by atoms with Crippen LogP contribution in [0.25, 0.3) is 11.4 Å². The van der Waals surface area contributed by atoms with E-state index in [9.17, 15) is 14.7 Å². The lowest BCUT2D eigenvalue weighted by atomic mass is 10.1. The predicted octanol–water partition coefficient (Wildman–Crippen LogP) is 2.25. The van der Waals surface area contributed by atoms with Crippen molar-refractivity contribution in [3.8, 4) is 17.1 Å². The third-order valence-corrected chi connectivity index (χ3v) is 5.39. The number of amides is 1. The standard InChI is InChI=1S/C21H28N4O5/c1-6-30-17-11-25(21(27)28)10-16(17)23-18-13(3)22-19(24(4)20(18)26)15-8-7-14(29-5)9-12(15)2/h7-9,16-17,23H,6,10-11H2,1-5H3,(H,27,28)/t16-,17+/m1/s1. The summed E-state index contributed by atoms with van der Waals surface area (Å²) in [6, 6.07) is 5.29. The minimum Gasteiger partial charge on any atom is -0.497 e. The highest BCUT2D eigenvalue weighted by Crippen LogP contribution is 2.26. The molecule has 162 valence electrons. The first kappa shape index (κ1) is 21.6. The van der Waals surface area contributed by atoms with Crippen LogP contribution in [0.5, 0.6) is 5.75 Å². The molecule has 0 spiro atoms. The molecule has 1 aliphatic rings. The van der Waals surface area contributed by atoms with Crippen LogP contribution in [-0.2, 0) is 11.8 Å². The van der Waals surface area contributed by atoms with Crippen LogP contribution < -0.4 is 15.6 Å². The molecule has 1 saturated heterocycles. The van der Waals surface area contributed by atoms with Gasteiger partial charge in [0.05, 0.1) is 31.5 Å². The predicted molar refractivity (Wildman–Crippen MR) is 113 cm³/mol. The van der Waals surface area contributed by atoms with Crippen LogP contribution in [0.3, 0.4) is 0 Å². The number of carbonyl (C=O) groups is 1. The van der Waals surface area contributed by atoms with E-state index in [1.54, 1.807) is 21.1 Å². The summed E-state index contributed by atoms with van der Waals surface area (Å²) in [6.45, 7) is 6.53. The number of nitrogens with one attached hydrogen (secondary N) is 1. The van der Waals surface area contributed by atoms with Gasteiger partial charge < -0.3 is 24.8 Å². The van der Waals surface area contributed by atoms with Gasteiger partial charge in [-0.25, -0.2) is 9.78 Å². The third-order valence-electron chi connectivity index (χ3n) is 5.39. The molecule has 0 radical (unpaired) electrons. The number of hydrogen-bond donors (Lipinski definition) is 2. The van der Waals surface area contributed by atoms with Crippen molar-refractivity contribution < 1.29 is 19.4 Å². The van der Waals surface area contributed by atoms with Gasteiger partial charge in [0, 0.05) is 25.8 Å². The lowest BCUT2D eigenvalue weighted by Crippen LogP contribution is -2.38. The number of hydrogen-bond acceptors (Lipinski definition) is 6. The molecular formula is C21H28N4O5. The minimum absolute atomic E-state index is 0.225. The van der Waals surface area contributed by atoms with Crippen LogP contribution in [-0.4, -0.2) is 64.6 Å². The average Bonchev–Trinajstić information content (AvgIpc) is 3.11. The van der Waals surface area contributed by atoms with E-state index in [2.05, 4.69) is 10.3 Å². The number of nitrogens with zero attached hydrogens (tertiary/aromatic N) is 3. The van der Waals surface area contributed by atoms with Gasteiger partial charge in [0.2, 0.25) is 0 Å². The Bertz CT molecular complexity index is 1000. The summed E-state index contributed by atoms with van der Waals surface area (Å²) in [5, 5.41) is 12.5. The summed E-state index contributed by atoms with van der Waals surface area (Å²) in [4.78, 5) is 30.5. The highest BCUT2D eigenvalue weighted by atomic mass is 16.5. The summed E-state index contributed by atoms with van der Waals surface area (Å²) in [5.74, 6) is 1.30. The third kappa shape index (κ3) is 4.11. The number of aromatic nitrogens is 2. The van der Waals surface area contributed by atoms with Crippen molar-refractivity contribution in [3.63, 3.8) is 0 Å². The lowest BCUT2D eigenvalue weighted by Gasteiger charge is -2.22. The molecule has 1 fully saturated rings. The zero-order valence-electron chi connectivity index (χ0n) is 17.9. The zero-order valence-corrected chi connectivity index (χ0v) is 17.9. The van der Waals surface area contributed by atoms with Crippen molar-refractivity contribution in [3.05, 3.63) is 39.8 Å². The maximum Gasteiger partial charge on any atom is 0.407 e. The monoisotopic (exact) mass is 416 g/mol. The fourth-order valence-electron chi connectivity index (χ4n) is 3.77. The van der Waals surface area contributed by atoms with Crippen LogP contribution >= 0.6 is 0 Å². The van der Waals surface area contributed by atoms with E-state index in [-0.39, 0.29) is 30.8 Å². The Kier molecular flexibility index (Phi) is 6.31. The molecule has 0 bridgehead atoms. The van der Waals surface area contributed by atoms with Gasteiger partial charge in [0.15, 0.2) is 0 Å². The Morgan fingerprint density at radius 1 is 1.33 bits per heavy atom. The summed E-state index contributed by atoms with van der Waals surface area (Å²) in [5.41, 5.74) is 2.47. The average molecular weight is 416 g/mol.